The Hall–Kier alpha value is -2.21. The minimum atomic E-state index is -0.934. The third-order valence-corrected chi connectivity index (χ3v) is 2.69. The molecule has 0 saturated carbocycles. The molecule has 2 aromatic rings. The Kier molecular flexibility index (Phi) is 4.70. The summed E-state index contributed by atoms with van der Waals surface area (Å²) in [4.78, 5) is 11.6. The Morgan fingerprint density at radius 2 is 1.86 bits per heavy atom. The van der Waals surface area contributed by atoms with Crippen molar-refractivity contribution in [1.82, 2.24) is 0 Å². The summed E-state index contributed by atoms with van der Waals surface area (Å²) in [6.45, 7) is -0.561. The first-order chi connectivity index (χ1) is 9.95. The number of rotatable bonds is 4. The number of hydrogen-bond acceptors (Lipinski definition) is 2. The average molecular weight is 316 g/mol. The van der Waals surface area contributed by atoms with Crippen molar-refractivity contribution in [3.8, 4) is 5.75 Å². The van der Waals surface area contributed by atoms with Gasteiger partial charge in [0.25, 0.3) is 5.91 Å². The lowest BCUT2D eigenvalue weighted by atomic mass is 10.3. The van der Waals surface area contributed by atoms with Crippen LogP contribution in [0.2, 0.25) is 5.02 Å². The van der Waals surface area contributed by atoms with Crippen molar-refractivity contribution < 1.29 is 22.7 Å². The smallest absolute Gasteiger partial charge is 0.262 e. The maximum atomic E-state index is 13.4. The molecule has 2 rings (SSSR count). The average Bonchev–Trinajstić information content (AvgIpc) is 2.42. The SMILES string of the molecule is O=C(COc1ccc(F)cc1F)Nc1cc(Cl)ccc1F. The molecular formula is C14H9ClF3NO2. The Balaban J connectivity index is 1.97. The van der Waals surface area contributed by atoms with Gasteiger partial charge in [-0.3, -0.25) is 4.79 Å². The molecule has 0 aliphatic heterocycles. The summed E-state index contributed by atoms with van der Waals surface area (Å²) in [6.07, 6.45) is 0. The highest BCUT2D eigenvalue weighted by Crippen LogP contribution is 2.20. The Morgan fingerprint density at radius 3 is 2.57 bits per heavy atom. The van der Waals surface area contributed by atoms with Crippen molar-refractivity contribution in [2.75, 3.05) is 11.9 Å². The molecule has 0 heterocycles. The largest absolute Gasteiger partial charge is 0.481 e. The number of carbonyl (C=O) groups excluding carboxylic acids is 1. The first-order valence-corrected chi connectivity index (χ1v) is 6.16. The summed E-state index contributed by atoms with van der Waals surface area (Å²) >= 11 is 5.67. The van der Waals surface area contributed by atoms with E-state index in [9.17, 15) is 18.0 Å². The first kappa shape index (κ1) is 15.2. The van der Waals surface area contributed by atoms with E-state index in [4.69, 9.17) is 16.3 Å². The quantitative estimate of drug-likeness (QED) is 0.932. The molecule has 2 aromatic carbocycles. The first-order valence-electron chi connectivity index (χ1n) is 5.78. The van der Waals surface area contributed by atoms with Crippen LogP contribution in [0.3, 0.4) is 0 Å². The van der Waals surface area contributed by atoms with E-state index in [0.29, 0.717) is 6.07 Å². The maximum absolute atomic E-state index is 13.4. The number of anilines is 1. The Labute approximate surface area is 123 Å². The zero-order chi connectivity index (χ0) is 15.4. The topological polar surface area (TPSA) is 38.3 Å². The van der Waals surface area contributed by atoms with Crippen LogP contribution in [0.4, 0.5) is 18.9 Å². The van der Waals surface area contributed by atoms with E-state index >= 15 is 0 Å². The summed E-state index contributed by atoms with van der Waals surface area (Å²) in [5.41, 5.74) is -0.115. The molecule has 0 aliphatic rings. The summed E-state index contributed by atoms with van der Waals surface area (Å²) < 4.78 is 44.2. The van der Waals surface area contributed by atoms with Gasteiger partial charge in [0.1, 0.15) is 11.6 Å². The zero-order valence-electron chi connectivity index (χ0n) is 10.5. The van der Waals surface area contributed by atoms with E-state index in [0.717, 1.165) is 18.2 Å². The van der Waals surface area contributed by atoms with Gasteiger partial charge in [0, 0.05) is 11.1 Å². The molecular weight excluding hydrogens is 307 g/mol. The predicted octanol–water partition coefficient (Wildman–Crippen LogP) is 3.77. The summed E-state index contributed by atoms with van der Waals surface area (Å²) in [7, 11) is 0. The molecule has 21 heavy (non-hydrogen) atoms. The molecule has 0 saturated heterocycles. The van der Waals surface area contributed by atoms with Gasteiger partial charge in [-0.05, 0) is 30.3 Å². The molecule has 0 atom stereocenters. The zero-order valence-corrected chi connectivity index (χ0v) is 11.3. The third kappa shape index (κ3) is 4.13. The minimum absolute atomic E-state index is 0.115. The van der Waals surface area contributed by atoms with Crippen LogP contribution in [-0.4, -0.2) is 12.5 Å². The molecule has 0 bridgehead atoms. The van der Waals surface area contributed by atoms with Gasteiger partial charge in [-0.25, -0.2) is 13.2 Å². The van der Waals surface area contributed by atoms with Gasteiger partial charge in [0.15, 0.2) is 18.2 Å². The van der Waals surface area contributed by atoms with Crippen molar-refractivity contribution in [3.63, 3.8) is 0 Å². The van der Waals surface area contributed by atoms with Crippen LogP contribution in [0.5, 0.6) is 5.75 Å². The Bertz CT molecular complexity index is 679. The van der Waals surface area contributed by atoms with E-state index in [1.165, 1.54) is 12.1 Å². The highest BCUT2D eigenvalue weighted by Gasteiger charge is 2.10. The van der Waals surface area contributed by atoms with Crippen LogP contribution < -0.4 is 10.1 Å². The number of benzene rings is 2. The van der Waals surface area contributed by atoms with Gasteiger partial charge in [0.2, 0.25) is 0 Å². The van der Waals surface area contributed by atoms with Gasteiger partial charge in [-0.15, -0.1) is 0 Å². The second-order valence-electron chi connectivity index (χ2n) is 4.04. The summed E-state index contributed by atoms with van der Waals surface area (Å²) in [6, 6.07) is 6.33. The van der Waals surface area contributed by atoms with Gasteiger partial charge in [-0.2, -0.15) is 0 Å². The van der Waals surface area contributed by atoms with Gasteiger partial charge in [-0.1, -0.05) is 11.6 Å². The lowest BCUT2D eigenvalue weighted by molar-refractivity contribution is -0.118. The number of nitrogens with one attached hydrogen (secondary N) is 1. The molecule has 1 amide bonds. The fourth-order valence-corrected chi connectivity index (χ4v) is 1.69. The lowest BCUT2D eigenvalue weighted by Crippen LogP contribution is -2.21. The number of carbonyl (C=O) groups is 1. The van der Waals surface area contributed by atoms with Crippen molar-refractivity contribution in [2.45, 2.75) is 0 Å². The molecule has 110 valence electrons. The number of ether oxygens (including phenoxy) is 1. The molecule has 7 heteroatoms. The molecule has 0 aliphatic carbocycles. The summed E-state index contributed by atoms with van der Waals surface area (Å²) in [5, 5.41) is 2.48. The van der Waals surface area contributed by atoms with Crippen LogP contribution >= 0.6 is 11.6 Å². The highest BCUT2D eigenvalue weighted by molar-refractivity contribution is 6.30. The molecule has 0 aromatic heterocycles. The number of hydrogen-bond donors (Lipinski definition) is 1. The Morgan fingerprint density at radius 1 is 1.10 bits per heavy atom. The fourth-order valence-electron chi connectivity index (χ4n) is 1.52. The summed E-state index contributed by atoms with van der Waals surface area (Å²) in [5.74, 6) is -3.35. The van der Waals surface area contributed by atoms with Gasteiger partial charge >= 0.3 is 0 Å². The molecule has 0 unspecified atom stereocenters. The molecule has 0 fully saturated rings. The number of halogens is 4. The van der Waals surface area contributed by atoms with Crippen LogP contribution in [0.1, 0.15) is 0 Å². The fraction of sp³-hybridized carbons (Fsp3) is 0.0714. The van der Waals surface area contributed by atoms with E-state index in [1.807, 2.05) is 0 Å². The van der Waals surface area contributed by atoms with Crippen LogP contribution in [-0.2, 0) is 4.79 Å². The van der Waals surface area contributed by atoms with Crippen LogP contribution in [0, 0.1) is 17.5 Å². The van der Waals surface area contributed by atoms with E-state index in [1.54, 1.807) is 0 Å². The van der Waals surface area contributed by atoms with Gasteiger partial charge in [0.05, 0.1) is 5.69 Å². The standard InChI is InChI=1S/C14H9ClF3NO2/c15-8-1-3-10(17)12(5-8)19-14(20)7-21-13-4-2-9(16)6-11(13)18/h1-6H,7H2,(H,19,20). The van der Waals surface area contributed by atoms with E-state index in [-0.39, 0.29) is 16.5 Å². The maximum Gasteiger partial charge on any atom is 0.262 e. The molecule has 1 N–H and O–H groups in total. The monoisotopic (exact) mass is 315 g/mol. The molecule has 0 radical (unpaired) electrons. The van der Waals surface area contributed by atoms with E-state index in [2.05, 4.69) is 5.32 Å². The van der Waals surface area contributed by atoms with Crippen molar-refractivity contribution in [3.05, 3.63) is 58.9 Å². The molecule has 3 nitrogen and oxygen atoms in total. The molecule has 0 spiro atoms. The predicted molar refractivity (Wildman–Crippen MR) is 71.9 cm³/mol. The van der Waals surface area contributed by atoms with Gasteiger partial charge < -0.3 is 10.1 Å². The highest BCUT2D eigenvalue weighted by atomic mass is 35.5. The second kappa shape index (κ2) is 6.49. The lowest BCUT2D eigenvalue weighted by Gasteiger charge is -2.09. The van der Waals surface area contributed by atoms with E-state index < -0.39 is 30.0 Å². The van der Waals surface area contributed by atoms with Crippen LogP contribution in [0.15, 0.2) is 36.4 Å². The van der Waals surface area contributed by atoms with Crippen molar-refractivity contribution in [2.24, 2.45) is 0 Å². The minimum Gasteiger partial charge on any atom is -0.481 e. The van der Waals surface area contributed by atoms with Crippen LogP contribution in [0.25, 0.3) is 0 Å². The van der Waals surface area contributed by atoms with Crippen molar-refractivity contribution >= 4 is 23.2 Å². The second-order valence-corrected chi connectivity index (χ2v) is 4.47. The van der Waals surface area contributed by atoms with Crippen molar-refractivity contribution in [1.29, 1.82) is 0 Å². The number of amides is 1. The third-order valence-electron chi connectivity index (χ3n) is 2.46. The normalized spacial score (nSPS) is 10.3.